The quantitative estimate of drug-likeness (QED) is 0.349. The number of hydrogen-bond donors (Lipinski definition) is 1. The van der Waals surface area contributed by atoms with Crippen molar-refractivity contribution in [1.82, 2.24) is 20.0 Å². The molecule has 0 aromatic carbocycles. The molecule has 0 aromatic rings. The van der Waals surface area contributed by atoms with E-state index < -0.39 is 0 Å². The molecular formula is C20H38IN5OS. The number of hydrogen-bond acceptors (Lipinski definition) is 4. The van der Waals surface area contributed by atoms with Crippen molar-refractivity contribution in [3.05, 3.63) is 0 Å². The fourth-order valence-electron chi connectivity index (χ4n) is 4.53. The number of aliphatic imine (C=N–C) groups is 1. The van der Waals surface area contributed by atoms with Gasteiger partial charge in [-0.05, 0) is 19.8 Å². The molecule has 1 aliphatic carbocycles. The minimum Gasteiger partial charge on any atom is -0.357 e. The number of guanidine groups is 1. The van der Waals surface area contributed by atoms with Crippen LogP contribution in [0.5, 0.6) is 0 Å². The molecule has 2 aliphatic heterocycles. The second kappa shape index (κ2) is 11.8. The van der Waals surface area contributed by atoms with Crippen LogP contribution < -0.4 is 5.32 Å². The molecule has 3 rings (SSSR count). The maximum absolute atomic E-state index is 11.5. The number of thioether (sulfide) groups is 1. The number of amides is 1. The molecule has 0 atom stereocenters. The highest BCUT2D eigenvalue weighted by Gasteiger charge is 2.38. The predicted molar refractivity (Wildman–Crippen MR) is 130 cm³/mol. The topological polar surface area (TPSA) is 51.2 Å². The first-order valence-electron chi connectivity index (χ1n) is 10.8. The van der Waals surface area contributed by atoms with Gasteiger partial charge in [-0.15, -0.1) is 24.0 Å². The molecule has 0 bridgehead atoms. The second-order valence-electron chi connectivity index (χ2n) is 8.10. The number of rotatable bonds is 4. The average Bonchev–Trinajstić information content (AvgIpc) is 2.68. The molecule has 1 amide bonds. The Morgan fingerprint density at radius 2 is 1.79 bits per heavy atom. The molecular weight excluding hydrogens is 485 g/mol. The third-order valence-electron chi connectivity index (χ3n) is 6.14. The van der Waals surface area contributed by atoms with Gasteiger partial charge >= 0.3 is 0 Å². The normalized spacial score (nSPS) is 23.4. The van der Waals surface area contributed by atoms with E-state index in [1.165, 1.54) is 37.9 Å². The Hall–Kier alpha value is -0.220. The first-order valence-corrected chi connectivity index (χ1v) is 11.8. The predicted octanol–water partition coefficient (Wildman–Crippen LogP) is 2.49. The fraction of sp³-hybridized carbons (Fsp3) is 0.900. The van der Waals surface area contributed by atoms with Gasteiger partial charge in [0.2, 0.25) is 5.91 Å². The minimum atomic E-state index is 0. The van der Waals surface area contributed by atoms with Crippen LogP contribution in [0.3, 0.4) is 0 Å². The molecule has 28 heavy (non-hydrogen) atoms. The maximum atomic E-state index is 11.5. The zero-order chi connectivity index (χ0) is 19.1. The van der Waals surface area contributed by atoms with E-state index >= 15 is 0 Å². The van der Waals surface area contributed by atoms with Gasteiger partial charge in [0, 0.05) is 69.8 Å². The molecule has 3 aliphatic rings. The van der Waals surface area contributed by atoms with Crippen molar-refractivity contribution < 1.29 is 4.79 Å². The van der Waals surface area contributed by atoms with Crippen LogP contribution in [0.2, 0.25) is 0 Å². The van der Waals surface area contributed by atoms with Gasteiger partial charge in [0.05, 0.1) is 6.54 Å². The molecule has 1 N–H and O–H groups in total. The monoisotopic (exact) mass is 523 g/mol. The van der Waals surface area contributed by atoms with Gasteiger partial charge in [0.1, 0.15) is 0 Å². The number of carbonyl (C=O) groups excluding carboxylic acids is 1. The molecule has 8 heteroatoms. The summed E-state index contributed by atoms with van der Waals surface area (Å²) >= 11 is 2.21. The summed E-state index contributed by atoms with van der Waals surface area (Å²) in [5.41, 5.74) is 0. The minimum absolute atomic E-state index is 0. The van der Waals surface area contributed by atoms with Crippen LogP contribution >= 0.6 is 35.7 Å². The van der Waals surface area contributed by atoms with Crippen LogP contribution in [0.4, 0.5) is 0 Å². The summed E-state index contributed by atoms with van der Waals surface area (Å²) in [6.45, 7) is 12.5. The van der Waals surface area contributed by atoms with Crippen LogP contribution in [0, 0.1) is 0 Å². The van der Waals surface area contributed by atoms with E-state index in [-0.39, 0.29) is 29.9 Å². The standard InChI is InChI=1S/C20H37N5OS.HI/c1-3-21-19(22-9-10-23-11-13-24(14-12-23)18(2)26)25-15-16-27-20(17-25)7-5-4-6-8-20;/h3-17H2,1-2H3,(H,21,22);1H. The fourth-order valence-corrected chi connectivity index (χ4v) is 6.10. The molecule has 2 heterocycles. The Kier molecular flexibility index (Phi) is 10.2. The lowest BCUT2D eigenvalue weighted by Gasteiger charge is -2.45. The van der Waals surface area contributed by atoms with E-state index in [0.717, 1.165) is 64.9 Å². The van der Waals surface area contributed by atoms with E-state index in [2.05, 4.69) is 33.8 Å². The van der Waals surface area contributed by atoms with Crippen LogP contribution in [-0.2, 0) is 4.79 Å². The highest BCUT2D eigenvalue weighted by Crippen LogP contribution is 2.42. The van der Waals surface area contributed by atoms with Crippen molar-refractivity contribution in [3.63, 3.8) is 0 Å². The highest BCUT2D eigenvalue weighted by molar-refractivity contribution is 14.0. The summed E-state index contributed by atoms with van der Waals surface area (Å²) in [6, 6.07) is 0. The van der Waals surface area contributed by atoms with Gasteiger partial charge < -0.3 is 15.1 Å². The van der Waals surface area contributed by atoms with Gasteiger partial charge in [-0.2, -0.15) is 11.8 Å². The maximum Gasteiger partial charge on any atom is 0.219 e. The first kappa shape index (κ1) is 24.1. The van der Waals surface area contributed by atoms with Crippen molar-refractivity contribution in [1.29, 1.82) is 0 Å². The molecule has 0 unspecified atom stereocenters. The molecule has 1 saturated carbocycles. The first-order chi connectivity index (χ1) is 13.1. The third-order valence-corrected chi connectivity index (χ3v) is 7.68. The summed E-state index contributed by atoms with van der Waals surface area (Å²) < 4.78 is 0.468. The summed E-state index contributed by atoms with van der Waals surface area (Å²) in [7, 11) is 0. The van der Waals surface area contributed by atoms with Crippen molar-refractivity contribution in [2.75, 3.05) is 64.7 Å². The zero-order valence-corrected chi connectivity index (χ0v) is 20.8. The lowest BCUT2D eigenvalue weighted by molar-refractivity contribution is -0.130. The average molecular weight is 524 g/mol. The molecule has 3 fully saturated rings. The van der Waals surface area contributed by atoms with E-state index in [9.17, 15) is 4.79 Å². The van der Waals surface area contributed by atoms with Crippen molar-refractivity contribution >= 4 is 47.6 Å². The number of nitrogens with zero attached hydrogens (tertiary/aromatic N) is 4. The molecule has 0 radical (unpaired) electrons. The lowest BCUT2D eigenvalue weighted by Crippen LogP contribution is -2.53. The summed E-state index contributed by atoms with van der Waals surface area (Å²) in [6.07, 6.45) is 6.93. The Bertz CT molecular complexity index is 513. The van der Waals surface area contributed by atoms with Crippen molar-refractivity contribution in [3.8, 4) is 0 Å². The van der Waals surface area contributed by atoms with Crippen LogP contribution in [0.1, 0.15) is 46.0 Å². The Morgan fingerprint density at radius 3 is 2.43 bits per heavy atom. The van der Waals surface area contributed by atoms with Gasteiger partial charge in [-0.25, -0.2) is 0 Å². The Labute approximate surface area is 192 Å². The van der Waals surface area contributed by atoms with Crippen molar-refractivity contribution in [2.24, 2.45) is 4.99 Å². The Balaban J connectivity index is 0.00000280. The molecule has 6 nitrogen and oxygen atoms in total. The van der Waals surface area contributed by atoms with Gasteiger partial charge in [0.15, 0.2) is 5.96 Å². The SMILES string of the molecule is CCNC(=NCCN1CCN(C(C)=O)CC1)N1CCSC2(CCCCC2)C1.I. The molecule has 162 valence electrons. The molecule has 0 aromatic heterocycles. The smallest absolute Gasteiger partial charge is 0.219 e. The third kappa shape index (κ3) is 6.65. The van der Waals surface area contributed by atoms with E-state index in [0.29, 0.717) is 4.75 Å². The number of halogens is 1. The highest BCUT2D eigenvalue weighted by atomic mass is 127. The molecule has 1 spiro atoms. The van der Waals surface area contributed by atoms with Crippen LogP contribution in [0.25, 0.3) is 0 Å². The lowest BCUT2D eigenvalue weighted by atomic mass is 9.87. The van der Waals surface area contributed by atoms with Crippen LogP contribution in [0.15, 0.2) is 4.99 Å². The second-order valence-corrected chi connectivity index (χ2v) is 9.66. The van der Waals surface area contributed by atoms with Gasteiger partial charge in [-0.3, -0.25) is 14.7 Å². The largest absolute Gasteiger partial charge is 0.357 e. The van der Waals surface area contributed by atoms with E-state index in [1.54, 1.807) is 6.92 Å². The van der Waals surface area contributed by atoms with Gasteiger partial charge in [0.25, 0.3) is 0 Å². The summed E-state index contributed by atoms with van der Waals surface area (Å²) in [5, 5.41) is 3.53. The van der Waals surface area contributed by atoms with E-state index in [4.69, 9.17) is 4.99 Å². The van der Waals surface area contributed by atoms with Gasteiger partial charge in [-0.1, -0.05) is 19.3 Å². The van der Waals surface area contributed by atoms with E-state index in [1.807, 2.05) is 4.90 Å². The number of carbonyl (C=O) groups is 1. The van der Waals surface area contributed by atoms with Crippen LogP contribution in [-0.4, -0.2) is 96.0 Å². The number of piperazine rings is 1. The molecule has 2 saturated heterocycles. The number of nitrogens with one attached hydrogen (secondary N) is 1. The van der Waals surface area contributed by atoms with Crippen molar-refractivity contribution in [2.45, 2.75) is 50.7 Å². The summed E-state index contributed by atoms with van der Waals surface area (Å²) in [5.74, 6) is 2.52. The zero-order valence-electron chi connectivity index (χ0n) is 17.6. The Morgan fingerprint density at radius 1 is 1.07 bits per heavy atom. The summed E-state index contributed by atoms with van der Waals surface area (Å²) in [4.78, 5) is 23.3.